The first-order chi connectivity index (χ1) is 13.6. The van der Waals surface area contributed by atoms with Crippen molar-refractivity contribution >= 4 is 29.2 Å². The van der Waals surface area contributed by atoms with Crippen molar-refractivity contribution in [1.29, 1.82) is 0 Å². The van der Waals surface area contributed by atoms with Gasteiger partial charge in [-0.05, 0) is 36.8 Å². The summed E-state index contributed by atoms with van der Waals surface area (Å²) in [5.41, 5.74) is -1.59. The highest BCUT2D eigenvalue weighted by Crippen LogP contribution is 2.52. The lowest BCUT2D eigenvalue weighted by Gasteiger charge is -2.20. The van der Waals surface area contributed by atoms with Crippen LogP contribution in [0.5, 0.6) is 0 Å². The van der Waals surface area contributed by atoms with Crippen molar-refractivity contribution in [3.05, 3.63) is 64.7 Å². The van der Waals surface area contributed by atoms with Crippen molar-refractivity contribution in [2.45, 2.75) is 31.3 Å². The number of imide groups is 1. The molecule has 0 spiro atoms. The molecule has 0 saturated carbocycles. The number of carbonyl (C=O) groups is 2. The highest BCUT2D eigenvalue weighted by molar-refractivity contribution is 6.30. The molecule has 2 aromatic carbocycles. The molecule has 0 N–H and O–H groups in total. The van der Waals surface area contributed by atoms with E-state index in [9.17, 15) is 22.8 Å². The summed E-state index contributed by atoms with van der Waals surface area (Å²) in [5.74, 6) is -0.388. The molecule has 10 heteroatoms. The molecule has 1 saturated heterocycles. The number of carbonyl (C=O) groups excluding carboxylic acids is 2. The average molecular weight is 423 g/mol. The molecule has 1 fully saturated rings. The maximum absolute atomic E-state index is 13.1. The number of halogens is 4. The van der Waals surface area contributed by atoms with E-state index in [1.54, 1.807) is 31.2 Å². The Hall–Kier alpha value is -2.94. The van der Waals surface area contributed by atoms with E-state index in [0.29, 0.717) is 16.3 Å². The van der Waals surface area contributed by atoms with E-state index in [1.165, 1.54) is 29.2 Å². The second-order valence-corrected chi connectivity index (χ2v) is 7.24. The van der Waals surface area contributed by atoms with Gasteiger partial charge in [-0.1, -0.05) is 35.9 Å². The Kier molecular flexibility index (Phi) is 4.38. The van der Waals surface area contributed by atoms with E-state index in [2.05, 4.69) is 10.2 Å². The lowest BCUT2D eigenvalue weighted by Crippen LogP contribution is -2.33. The second kappa shape index (κ2) is 6.55. The van der Waals surface area contributed by atoms with Gasteiger partial charge in [0.15, 0.2) is 0 Å². The standard InChI is InChI=1S/C19H14ClF3N4O2/c1-11-16(28)27(15-8-6-14(20)7-9-15)17(29)26(11)10-12-2-4-13(5-3-12)18(24-25-18)19(21,22)23/h2-9,11H,10H2,1H3/t11-/m0/s1. The largest absolute Gasteiger partial charge is 0.442 e. The number of rotatable bonds is 4. The molecule has 1 atom stereocenters. The first-order valence-corrected chi connectivity index (χ1v) is 9.02. The molecule has 0 aliphatic carbocycles. The maximum atomic E-state index is 13.1. The van der Waals surface area contributed by atoms with Gasteiger partial charge < -0.3 is 4.90 Å². The maximum Gasteiger partial charge on any atom is 0.442 e. The molecule has 4 rings (SSSR count). The third kappa shape index (κ3) is 3.15. The molecule has 6 nitrogen and oxygen atoms in total. The van der Waals surface area contributed by atoms with E-state index in [1.807, 2.05) is 0 Å². The quantitative estimate of drug-likeness (QED) is 0.659. The van der Waals surface area contributed by atoms with Crippen LogP contribution in [0.25, 0.3) is 0 Å². The van der Waals surface area contributed by atoms with Crippen LogP contribution >= 0.6 is 11.6 Å². The second-order valence-electron chi connectivity index (χ2n) is 6.80. The van der Waals surface area contributed by atoms with Crippen LogP contribution in [0.3, 0.4) is 0 Å². The molecule has 0 radical (unpaired) electrons. The minimum atomic E-state index is -4.60. The summed E-state index contributed by atoms with van der Waals surface area (Å²) in [7, 11) is 0. The summed E-state index contributed by atoms with van der Waals surface area (Å²) in [5, 5.41) is 6.81. The molecule has 0 unspecified atom stereocenters. The highest BCUT2D eigenvalue weighted by atomic mass is 35.5. The Bertz CT molecular complexity index is 1000. The van der Waals surface area contributed by atoms with Gasteiger partial charge in [0, 0.05) is 17.1 Å². The Morgan fingerprint density at radius 2 is 1.62 bits per heavy atom. The minimum Gasteiger partial charge on any atom is -0.308 e. The number of hydrogen-bond acceptors (Lipinski definition) is 4. The number of amides is 3. The normalized spacial score (nSPS) is 20.5. The number of alkyl halides is 3. The van der Waals surface area contributed by atoms with Crippen LogP contribution in [0.4, 0.5) is 23.7 Å². The SMILES string of the molecule is C[C@H]1C(=O)N(c2ccc(Cl)cc2)C(=O)N1Cc1ccc(C2(C(F)(F)F)N=N2)cc1. The first kappa shape index (κ1) is 19.4. The zero-order valence-electron chi connectivity index (χ0n) is 15.0. The van der Waals surface area contributed by atoms with Gasteiger partial charge in [0.05, 0.1) is 5.69 Å². The number of urea groups is 1. The molecule has 0 aromatic heterocycles. The van der Waals surface area contributed by atoms with Crippen molar-refractivity contribution in [2.24, 2.45) is 10.2 Å². The molecule has 2 aliphatic heterocycles. The topological polar surface area (TPSA) is 65.3 Å². The van der Waals surface area contributed by atoms with Crippen LogP contribution in [-0.2, 0) is 17.0 Å². The Morgan fingerprint density at radius 1 is 1.03 bits per heavy atom. The predicted molar refractivity (Wildman–Crippen MR) is 98.4 cm³/mol. The van der Waals surface area contributed by atoms with Crippen molar-refractivity contribution in [3.8, 4) is 0 Å². The van der Waals surface area contributed by atoms with Crippen LogP contribution < -0.4 is 4.90 Å². The van der Waals surface area contributed by atoms with Crippen molar-refractivity contribution in [1.82, 2.24) is 4.90 Å². The lowest BCUT2D eigenvalue weighted by molar-refractivity contribution is -0.166. The fourth-order valence-corrected chi connectivity index (χ4v) is 3.35. The lowest BCUT2D eigenvalue weighted by atomic mass is 10.0. The number of hydrogen-bond donors (Lipinski definition) is 0. The van der Waals surface area contributed by atoms with Crippen LogP contribution in [0.2, 0.25) is 5.02 Å². The van der Waals surface area contributed by atoms with Gasteiger partial charge in [0.1, 0.15) is 6.04 Å². The van der Waals surface area contributed by atoms with Crippen molar-refractivity contribution in [3.63, 3.8) is 0 Å². The molecular weight excluding hydrogens is 409 g/mol. The zero-order chi connectivity index (χ0) is 21.0. The average Bonchev–Trinajstić information content (AvgIpc) is 3.46. The van der Waals surface area contributed by atoms with Crippen LogP contribution in [-0.4, -0.2) is 29.1 Å². The fraction of sp³-hybridized carbons (Fsp3) is 0.263. The van der Waals surface area contributed by atoms with E-state index < -0.39 is 23.9 Å². The summed E-state index contributed by atoms with van der Waals surface area (Å²) in [4.78, 5) is 27.8. The van der Waals surface area contributed by atoms with Crippen molar-refractivity contribution < 1.29 is 22.8 Å². The van der Waals surface area contributed by atoms with Crippen LogP contribution in [0.1, 0.15) is 18.1 Å². The summed E-state index contributed by atoms with van der Waals surface area (Å²) in [6.07, 6.45) is -4.60. The number of anilines is 1. The summed E-state index contributed by atoms with van der Waals surface area (Å²) >= 11 is 5.85. The summed E-state index contributed by atoms with van der Waals surface area (Å²) in [6, 6.07) is 10.6. The van der Waals surface area contributed by atoms with Crippen LogP contribution in [0, 0.1) is 0 Å². The third-order valence-corrected chi connectivity index (χ3v) is 5.22. The van der Waals surface area contributed by atoms with Gasteiger partial charge >= 0.3 is 17.9 Å². The molecule has 150 valence electrons. The summed E-state index contributed by atoms with van der Waals surface area (Å²) in [6.45, 7) is 1.68. The smallest absolute Gasteiger partial charge is 0.308 e. The fourth-order valence-electron chi connectivity index (χ4n) is 3.22. The van der Waals surface area contributed by atoms with E-state index in [-0.39, 0.29) is 18.0 Å². The highest BCUT2D eigenvalue weighted by Gasteiger charge is 2.65. The molecular formula is C19H14ClF3N4O2. The molecule has 2 aromatic rings. The predicted octanol–water partition coefficient (Wildman–Crippen LogP) is 4.88. The Labute approximate surface area is 168 Å². The number of benzene rings is 2. The Morgan fingerprint density at radius 3 is 2.14 bits per heavy atom. The summed E-state index contributed by atoms with van der Waals surface area (Å²) < 4.78 is 39.3. The third-order valence-electron chi connectivity index (χ3n) is 4.97. The molecule has 0 bridgehead atoms. The van der Waals surface area contributed by atoms with E-state index >= 15 is 0 Å². The van der Waals surface area contributed by atoms with Gasteiger partial charge in [-0.25, -0.2) is 9.69 Å². The monoisotopic (exact) mass is 422 g/mol. The van der Waals surface area contributed by atoms with Crippen LogP contribution in [0.15, 0.2) is 58.8 Å². The van der Waals surface area contributed by atoms with Gasteiger partial charge in [-0.2, -0.15) is 13.2 Å². The molecule has 29 heavy (non-hydrogen) atoms. The minimum absolute atomic E-state index is 0.0728. The van der Waals surface area contributed by atoms with Gasteiger partial charge in [-0.15, -0.1) is 10.2 Å². The van der Waals surface area contributed by atoms with E-state index in [0.717, 1.165) is 4.90 Å². The van der Waals surface area contributed by atoms with E-state index in [4.69, 9.17) is 11.6 Å². The molecule has 2 heterocycles. The molecule has 2 aliphatic rings. The molecule has 3 amide bonds. The van der Waals surface area contributed by atoms with Gasteiger partial charge in [0.25, 0.3) is 5.91 Å². The van der Waals surface area contributed by atoms with Crippen molar-refractivity contribution in [2.75, 3.05) is 4.90 Å². The Balaban J connectivity index is 1.53. The van der Waals surface area contributed by atoms with Gasteiger partial charge in [0.2, 0.25) is 0 Å². The number of nitrogens with zero attached hydrogens (tertiary/aromatic N) is 4. The van der Waals surface area contributed by atoms with Gasteiger partial charge in [-0.3, -0.25) is 4.79 Å². The zero-order valence-corrected chi connectivity index (χ0v) is 15.8. The first-order valence-electron chi connectivity index (χ1n) is 8.64.